The molecule has 0 radical (unpaired) electrons. The Morgan fingerprint density at radius 1 is 1.36 bits per heavy atom. The number of benzene rings is 1. The van der Waals surface area contributed by atoms with Gasteiger partial charge in [0.1, 0.15) is 10.7 Å². The number of ether oxygens (including phenoxy) is 2. The highest BCUT2D eigenvalue weighted by molar-refractivity contribution is 9.10. The van der Waals surface area contributed by atoms with Gasteiger partial charge in [0.25, 0.3) is 0 Å². The van der Waals surface area contributed by atoms with Crippen LogP contribution in [0.5, 0.6) is 0 Å². The number of rotatable bonds is 3. The molecule has 0 fully saturated rings. The van der Waals surface area contributed by atoms with Crippen molar-refractivity contribution in [2.75, 3.05) is 6.61 Å². The Balaban J connectivity index is 1.65. The van der Waals surface area contributed by atoms with Gasteiger partial charge in [0.05, 0.1) is 24.3 Å². The van der Waals surface area contributed by atoms with Crippen LogP contribution in [0.4, 0.5) is 4.79 Å². The van der Waals surface area contributed by atoms with Crippen molar-refractivity contribution in [2.24, 2.45) is 16.0 Å². The maximum Gasteiger partial charge on any atom is 0.510 e. The van der Waals surface area contributed by atoms with Crippen molar-refractivity contribution in [2.45, 2.75) is 30.4 Å². The van der Waals surface area contributed by atoms with Crippen LogP contribution in [0.15, 0.2) is 52.6 Å². The molecule has 4 unspecified atom stereocenters. The van der Waals surface area contributed by atoms with E-state index in [1.54, 1.807) is 6.92 Å². The molecule has 0 N–H and O–H groups in total. The highest BCUT2D eigenvalue weighted by Gasteiger charge is 2.47. The van der Waals surface area contributed by atoms with Crippen molar-refractivity contribution in [3.63, 3.8) is 0 Å². The number of amidine groups is 1. The largest absolute Gasteiger partial charge is 0.510 e. The Bertz CT molecular complexity index is 762. The monoisotopic (exact) mass is 403 g/mol. The smallest absolute Gasteiger partial charge is 0.435 e. The average molecular weight is 404 g/mol. The van der Waals surface area contributed by atoms with Gasteiger partial charge in [0.15, 0.2) is 0 Å². The fourth-order valence-electron chi connectivity index (χ4n) is 3.42. The zero-order valence-electron chi connectivity index (χ0n) is 13.7. The molecule has 6 nitrogen and oxygen atoms in total. The number of hydrogen-bond donors (Lipinski definition) is 0. The molecule has 3 aliphatic rings. The Morgan fingerprint density at radius 2 is 2.16 bits per heavy atom. The number of hydrazone groups is 1. The molecule has 0 saturated carbocycles. The highest BCUT2D eigenvalue weighted by Crippen LogP contribution is 2.38. The van der Waals surface area contributed by atoms with E-state index in [0.29, 0.717) is 0 Å². The van der Waals surface area contributed by atoms with E-state index >= 15 is 0 Å². The quantitative estimate of drug-likeness (QED) is 0.441. The van der Waals surface area contributed by atoms with Gasteiger partial charge in [-0.05, 0) is 18.9 Å². The van der Waals surface area contributed by atoms with Crippen LogP contribution < -0.4 is 0 Å². The lowest BCUT2D eigenvalue weighted by atomic mass is 9.98. The first-order chi connectivity index (χ1) is 12.2. The molecule has 0 spiro atoms. The van der Waals surface area contributed by atoms with E-state index in [1.807, 2.05) is 41.4 Å². The SMILES string of the molecule is CCOC(=O)OC1N=C2C(Br)C(c3ccccc3)=NN2C2CC=CC12. The molecule has 2 heterocycles. The van der Waals surface area contributed by atoms with Crippen LogP contribution in [-0.2, 0) is 9.47 Å². The molecule has 2 aliphatic heterocycles. The topological polar surface area (TPSA) is 63.5 Å². The Morgan fingerprint density at radius 3 is 2.92 bits per heavy atom. The van der Waals surface area contributed by atoms with E-state index in [4.69, 9.17) is 14.6 Å². The first-order valence-electron chi connectivity index (χ1n) is 8.34. The molecular formula is C18H18BrN3O3. The number of fused-ring (bicyclic) bond motifs is 3. The summed E-state index contributed by atoms with van der Waals surface area (Å²) in [5.41, 5.74) is 1.97. The Hall–Kier alpha value is -2.15. The van der Waals surface area contributed by atoms with Crippen LogP contribution in [0, 0.1) is 5.92 Å². The van der Waals surface area contributed by atoms with E-state index in [2.05, 4.69) is 27.0 Å². The number of hydrogen-bond acceptors (Lipinski definition) is 6. The second-order valence-corrected chi connectivity index (χ2v) is 6.96. The van der Waals surface area contributed by atoms with Crippen molar-refractivity contribution in [1.82, 2.24) is 5.01 Å². The van der Waals surface area contributed by atoms with Gasteiger partial charge < -0.3 is 9.47 Å². The predicted octanol–water partition coefficient (Wildman–Crippen LogP) is 3.33. The third-order valence-corrected chi connectivity index (χ3v) is 5.39. The van der Waals surface area contributed by atoms with E-state index in [0.717, 1.165) is 23.5 Å². The zero-order chi connectivity index (χ0) is 17.4. The molecule has 1 aliphatic carbocycles. The summed E-state index contributed by atoms with van der Waals surface area (Å²) >= 11 is 3.71. The second-order valence-electron chi connectivity index (χ2n) is 6.05. The average Bonchev–Trinajstić information content (AvgIpc) is 3.22. The van der Waals surface area contributed by atoms with Crippen LogP contribution in [0.3, 0.4) is 0 Å². The molecule has 25 heavy (non-hydrogen) atoms. The van der Waals surface area contributed by atoms with Gasteiger partial charge in [0, 0.05) is 0 Å². The fraction of sp³-hybridized carbons (Fsp3) is 0.389. The van der Waals surface area contributed by atoms with Crippen LogP contribution in [0.2, 0.25) is 0 Å². The summed E-state index contributed by atoms with van der Waals surface area (Å²) in [6, 6.07) is 10.1. The van der Waals surface area contributed by atoms with Gasteiger partial charge in [-0.3, -0.25) is 0 Å². The summed E-state index contributed by atoms with van der Waals surface area (Å²) in [7, 11) is 0. The van der Waals surface area contributed by atoms with Crippen molar-refractivity contribution in [1.29, 1.82) is 0 Å². The molecular weight excluding hydrogens is 386 g/mol. The number of aliphatic imine (C=N–C) groups is 1. The molecule has 0 amide bonds. The van der Waals surface area contributed by atoms with Gasteiger partial charge >= 0.3 is 6.16 Å². The maximum absolute atomic E-state index is 11.8. The molecule has 4 rings (SSSR count). The molecule has 130 valence electrons. The van der Waals surface area contributed by atoms with Crippen molar-refractivity contribution >= 4 is 33.6 Å². The lowest BCUT2D eigenvalue weighted by Gasteiger charge is -2.36. The molecule has 0 bridgehead atoms. The minimum Gasteiger partial charge on any atom is -0.435 e. The third-order valence-electron chi connectivity index (χ3n) is 4.55. The fourth-order valence-corrected chi connectivity index (χ4v) is 4.10. The summed E-state index contributed by atoms with van der Waals surface area (Å²) in [6.45, 7) is 2.03. The number of alkyl halides is 1. The van der Waals surface area contributed by atoms with Crippen LogP contribution in [0.25, 0.3) is 0 Å². The van der Waals surface area contributed by atoms with Crippen molar-refractivity contribution in [3.8, 4) is 0 Å². The molecule has 1 aromatic carbocycles. The summed E-state index contributed by atoms with van der Waals surface area (Å²) in [4.78, 5) is 16.3. The summed E-state index contributed by atoms with van der Waals surface area (Å²) in [5.74, 6) is 0.754. The van der Waals surface area contributed by atoms with Gasteiger partial charge in [-0.25, -0.2) is 14.8 Å². The normalized spacial score (nSPS) is 29.6. The van der Waals surface area contributed by atoms with Crippen LogP contribution in [0.1, 0.15) is 18.9 Å². The van der Waals surface area contributed by atoms with Gasteiger partial charge in [-0.2, -0.15) is 5.10 Å². The molecule has 1 aromatic rings. The number of carbonyl (C=O) groups is 1. The summed E-state index contributed by atoms with van der Waals surface area (Å²) < 4.78 is 10.4. The highest BCUT2D eigenvalue weighted by atomic mass is 79.9. The van der Waals surface area contributed by atoms with E-state index in [-0.39, 0.29) is 23.4 Å². The van der Waals surface area contributed by atoms with Gasteiger partial charge in [-0.1, -0.05) is 58.4 Å². The minimum absolute atomic E-state index is 0.0215. The molecule has 4 atom stereocenters. The van der Waals surface area contributed by atoms with E-state index < -0.39 is 12.4 Å². The third kappa shape index (κ3) is 2.86. The second kappa shape index (κ2) is 6.63. The van der Waals surface area contributed by atoms with Crippen molar-refractivity contribution < 1.29 is 14.3 Å². The standard InChI is InChI=1S/C18H18BrN3O3/c1-2-24-18(23)25-17-12-9-6-10-13(12)22-16(20-17)14(19)15(21-22)11-7-4-3-5-8-11/h3-9,12-14,17H,2,10H2,1H3. The molecule has 7 heteroatoms. The summed E-state index contributed by atoms with van der Waals surface area (Å²) in [5, 5.41) is 6.78. The Kier molecular flexibility index (Phi) is 4.33. The van der Waals surface area contributed by atoms with Crippen LogP contribution in [-0.4, -0.2) is 46.4 Å². The first-order valence-corrected chi connectivity index (χ1v) is 9.25. The van der Waals surface area contributed by atoms with E-state index in [9.17, 15) is 4.79 Å². The van der Waals surface area contributed by atoms with Crippen molar-refractivity contribution in [3.05, 3.63) is 48.0 Å². The predicted molar refractivity (Wildman–Crippen MR) is 97.9 cm³/mol. The first kappa shape index (κ1) is 16.3. The van der Waals surface area contributed by atoms with Gasteiger partial charge in [0.2, 0.25) is 6.23 Å². The van der Waals surface area contributed by atoms with Gasteiger partial charge in [-0.15, -0.1) is 0 Å². The maximum atomic E-state index is 11.8. The number of halogens is 1. The van der Waals surface area contributed by atoms with Crippen LogP contribution >= 0.6 is 15.9 Å². The number of nitrogens with zero attached hydrogens (tertiary/aromatic N) is 3. The zero-order valence-corrected chi connectivity index (χ0v) is 15.3. The summed E-state index contributed by atoms with van der Waals surface area (Å²) in [6.07, 6.45) is 3.72. The lowest BCUT2D eigenvalue weighted by Crippen LogP contribution is -2.48. The van der Waals surface area contributed by atoms with E-state index in [1.165, 1.54) is 0 Å². The molecule has 0 saturated heterocycles. The number of carbonyl (C=O) groups excluding carboxylic acids is 1. The molecule has 0 aromatic heterocycles. The Labute approximate surface area is 154 Å². The minimum atomic E-state index is -0.683. The lowest BCUT2D eigenvalue weighted by molar-refractivity contribution is -0.000322.